The number of benzene rings is 1. The van der Waals surface area contributed by atoms with Crippen LogP contribution < -0.4 is 11.1 Å². The third-order valence-corrected chi connectivity index (χ3v) is 8.70. The molecule has 4 atom stereocenters. The number of nitrogens with one attached hydrogen (secondary N) is 1. The van der Waals surface area contributed by atoms with E-state index in [-0.39, 0.29) is 23.7 Å². The SMILES string of the molecule is CCC(NC)(C(N)=O)[C@H](C(=O)N1CC[C@H]2CN(CCc3ccccc3)C(=O)[C@H]21)C1CCCCC1. The highest BCUT2D eigenvalue weighted by Crippen LogP contribution is 2.41. The lowest BCUT2D eigenvalue weighted by atomic mass is 9.68. The highest BCUT2D eigenvalue weighted by molar-refractivity contribution is 5.96. The van der Waals surface area contributed by atoms with Crippen LogP contribution in [0.3, 0.4) is 0 Å². The van der Waals surface area contributed by atoms with Gasteiger partial charge in [0.25, 0.3) is 0 Å². The second-order valence-corrected chi connectivity index (χ2v) is 10.4. The number of carbonyl (C=O) groups is 3. The lowest BCUT2D eigenvalue weighted by Crippen LogP contribution is -2.65. The number of amides is 3. The maximum atomic E-state index is 14.2. The van der Waals surface area contributed by atoms with Gasteiger partial charge in [0.05, 0.1) is 5.92 Å². The normalized spacial score (nSPS) is 25.8. The van der Waals surface area contributed by atoms with Crippen LogP contribution >= 0.6 is 0 Å². The van der Waals surface area contributed by atoms with E-state index in [0.717, 1.165) is 44.9 Å². The van der Waals surface area contributed by atoms with Crippen LogP contribution in [0.5, 0.6) is 0 Å². The number of carbonyl (C=O) groups excluding carboxylic acids is 3. The fraction of sp³-hybridized carbons (Fsp3) is 0.667. The summed E-state index contributed by atoms with van der Waals surface area (Å²) in [6, 6.07) is 9.78. The van der Waals surface area contributed by atoms with E-state index in [0.29, 0.717) is 26.1 Å². The molecule has 0 spiro atoms. The second-order valence-electron chi connectivity index (χ2n) is 10.4. The summed E-state index contributed by atoms with van der Waals surface area (Å²) in [4.78, 5) is 44.2. The Hall–Kier alpha value is -2.41. The number of primary amides is 1. The van der Waals surface area contributed by atoms with Crippen molar-refractivity contribution < 1.29 is 14.4 Å². The van der Waals surface area contributed by atoms with E-state index >= 15 is 0 Å². The summed E-state index contributed by atoms with van der Waals surface area (Å²) in [5, 5.41) is 3.17. The number of hydrogen-bond acceptors (Lipinski definition) is 4. The molecule has 1 unspecified atom stereocenters. The second kappa shape index (κ2) is 10.5. The molecule has 1 saturated carbocycles. The van der Waals surface area contributed by atoms with Crippen LogP contribution in [0.15, 0.2) is 30.3 Å². The molecule has 3 N–H and O–H groups in total. The molecule has 1 aromatic rings. The van der Waals surface area contributed by atoms with Crippen molar-refractivity contribution in [2.24, 2.45) is 23.5 Å². The summed E-state index contributed by atoms with van der Waals surface area (Å²) in [7, 11) is 1.73. The van der Waals surface area contributed by atoms with Crippen molar-refractivity contribution in [3.63, 3.8) is 0 Å². The number of hydrogen-bond donors (Lipinski definition) is 2. The van der Waals surface area contributed by atoms with Crippen LogP contribution in [-0.2, 0) is 20.8 Å². The topological polar surface area (TPSA) is 95.7 Å². The number of nitrogens with two attached hydrogens (primary N) is 1. The Morgan fingerprint density at radius 3 is 2.47 bits per heavy atom. The minimum Gasteiger partial charge on any atom is -0.368 e. The molecule has 7 nitrogen and oxygen atoms in total. The Kier molecular flexibility index (Phi) is 7.60. The van der Waals surface area contributed by atoms with Gasteiger partial charge in [0, 0.05) is 25.6 Å². The smallest absolute Gasteiger partial charge is 0.245 e. The van der Waals surface area contributed by atoms with Gasteiger partial charge in [0.1, 0.15) is 11.6 Å². The van der Waals surface area contributed by atoms with Crippen LogP contribution in [0.4, 0.5) is 0 Å². The monoisotopic (exact) mass is 468 g/mol. The van der Waals surface area contributed by atoms with E-state index in [1.165, 1.54) is 5.56 Å². The Morgan fingerprint density at radius 2 is 1.85 bits per heavy atom. The fourth-order valence-corrected chi connectivity index (χ4v) is 6.76. The summed E-state index contributed by atoms with van der Waals surface area (Å²) in [5.74, 6) is -0.749. The van der Waals surface area contributed by atoms with Gasteiger partial charge in [-0.2, -0.15) is 0 Å². The van der Waals surface area contributed by atoms with E-state index in [1.807, 2.05) is 30.0 Å². The van der Waals surface area contributed by atoms with Gasteiger partial charge >= 0.3 is 0 Å². The van der Waals surface area contributed by atoms with E-state index in [1.54, 1.807) is 11.9 Å². The van der Waals surface area contributed by atoms with E-state index in [4.69, 9.17) is 5.73 Å². The number of likely N-dealkylation sites (N-methyl/N-ethyl adjacent to an activating group) is 1. The summed E-state index contributed by atoms with van der Waals surface area (Å²) in [6.45, 7) is 3.87. The third kappa shape index (κ3) is 4.47. The van der Waals surface area contributed by atoms with Crippen LogP contribution in [0.1, 0.15) is 57.4 Å². The molecule has 2 heterocycles. The molecule has 7 heteroatoms. The number of rotatable bonds is 9. The van der Waals surface area contributed by atoms with Crippen LogP contribution in [0, 0.1) is 17.8 Å². The molecule has 1 aliphatic carbocycles. The molecular weight excluding hydrogens is 428 g/mol. The van der Waals surface area contributed by atoms with Crippen LogP contribution in [-0.4, -0.2) is 65.8 Å². The van der Waals surface area contributed by atoms with Gasteiger partial charge in [-0.25, -0.2) is 0 Å². The first-order valence-corrected chi connectivity index (χ1v) is 13.0. The van der Waals surface area contributed by atoms with Crippen molar-refractivity contribution in [3.05, 3.63) is 35.9 Å². The molecule has 0 aromatic heterocycles. The molecular formula is C27H40N4O3. The summed E-state index contributed by atoms with van der Waals surface area (Å²) in [5.41, 5.74) is 6.06. The van der Waals surface area contributed by atoms with Gasteiger partial charge in [-0.1, -0.05) is 56.5 Å². The fourth-order valence-electron chi connectivity index (χ4n) is 6.76. The van der Waals surface area contributed by atoms with E-state index in [2.05, 4.69) is 17.4 Å². The predicted molar refractivity (Wildman–Crippen MR) is 132 cm³/mol. The first kappa shape index (κ1) is 24.7. The molecule has 3 fully saturated rings. The largest absolute Gasteiger partial charge is 0.368 e. The Morgan fingerprint density at radius 1 is 1.15 bits per heavy atom. The zero-order chi connectivity index (χ0) is 24.3. The molecule has 186 valence electrons. The predicted octanol–water partition coefficient (Wildman–Crippen LogP) is 2.34. The summed E-state index contributed by atoms with van der Waals surface area (Å²) < 4.78 is 0. The maximum Gasteiger partial charge on any atom is 0.245 e. The van der Waals surface area contributed by atoms with Gasteiger partial charge in [0.2, 0.25) is 17.7 Å². The van der Waals surface area contributed by atoms with Crippen molar-refractivity contribution in [1.29, 1.82) is 0 Å². The molecule has 0 radical (unpaired) electrons. The minimum atomic E-state index is -1.09. The van der Waals surface area contributed by atoms with Crippen molar-refractivity contribution in [3.8, 4) is 0 Å². The number of nitrogens with zero attached hydrogens (tertiary/aromatic N) is 2. The van der Waals surface area contributed by atoms with Crippen molar-refractivity contribution in [2.45, 2.75) is 69.9 Å². The number of likely N-dealkylation sites (tertiary alicyclic amines) is 2. The van der Waals surface area contributed by atoms with Crippen molar-refractivity contribution in [1.82, 2.24) is 15.1 Å². The molecule has 4 rings (SSSR count). The molecule has 2 saturated heterocycles. The first-order valence-electron chi connectivity index (χ1n) is 13.0. The Bertz CT molecular complexity index is 879. The zero-order valence-corrected chi connectivity index (χ0v) is 20.7. The highest BCUT2D eigenvalue weighted by Gasteiger charge is 2.55. The third-order valence-electron chi connectivity index (χ3n) is 8.70. The lowest BCUT2D eigenvalue weighted by molar-refractivity contribution is -0.151. The summed E-state index contributed by atoms with van der Waals surface area (Å²) >= 11 is 0. The molecule has 3 amide bonds. The molecule has 3 aliphatic rings. The quantitative estimate of drug-likeness (QED) is 0.582. The zero-order valence-electron chi connectivity index (χ0n) is 20.7. The van der Waals surface area contributed by atoms with Crippen molar-refractivity contribution in [2.75, 3.05) is 26.7 Å². The maximum absolute atomic E-state index is 14.2. The number of fused-ring (bicyclic) bond motifs is 1. The highest BCUT2D eigenvalue weighted by atomic mass is 16.2. The van der Waals surface area contributed by atoms with Gasteiger partial charge < -0.3 is 20.9 Å². The van der Waals surface area contributed by atoms with E-state index in [9.17, 15) is 14.4 Å². The van der Waals surface area contributed by atoms with Crippen LogP contribution in [0.2, 0.25) is 0 Å². The van der Waals surface area contributed by atoms with Gasteiger partial charge in [-0.05, 0) is 50.6 Å². The molecule has 1 aromatic carbocycles. The molecule has 34 heavy (non-hydrogen) atoms. The van der Waals surface area contributed by atoms with Gasteiger partial charge in [-0.3, -0.25) is 14.4 Å². The standard InChI is InChI=1S/C27H40N4O3/c1-3-27(29-2,26(28)34)22(20-12-8-5-9-13-20)24(32)31-17-15-21-18-30(25(33)23(21)31)16-14-19-10-6-4-7-11-19/h4,6-7,10-11,20-23,29H,3,5,8-9,12-18H2,1-2H3,(H2,28,34)/t21-,22-,23-,27?/m0/s1. The Balaban J connectivity index is 1.55. The first-order chi connectivity index (χ1) is 16.4. The van der Waals surface area contributed by atoms with E-state index < -0.39 is 23.4 Å². The van der Waals surface area contributed by atoms with Gasteiger partial charge in [-0.15, -0.1) is 0 Å². The summed E-state index contributed by atoms with van der Waals surface area (Å²) in [6.07, 6.45) is 7.23. The molecule has 2 aliphatic heterocycles. The van der Waals surface area contributed by atoms with Crippen LogP contribution in [0.25, 0.3) is 0 Å². The average Bonchev–Trinajstić information content (AvgIpc) is 3.41. The van der Waals surface area contributed by atoms with Crippen molar-refractivity contribution >= 4 is 17.7 Å². The Labute approximate surface area is 203 Å². The lowest BCUT2D eigenvalue weighted by Gasteiger charge is -2.44. The van der Waals surface area contributed by atoms with Gasteiger partial charge in [0.15, 0.2) is 0 Å². The minimum absolute atomic E-state index is 0.0554. The average molecular weight is 469 g/mol. The molecule has 0 bridgehead atoms.